The number of anilines is 1. The number of carboxylic acid groups (broad SMARTS) is 1. The van der Waals surface area contributed by atoms with Gasteiger partial charge in [0, 0.05) is 12.2 Å². The molecule has 2 rings (SSSR count). The molecule has 4 heteroatoms. The molecule has 0 unspecified atom stereocenters. The largest absolute Gasteiger partial charge is 0.481 e. The molecular weight excluding hydrogens is 242 g/mol. The van der Waals surface area contributed by atoms with Crippen molar-refractivity contribution in [2.24, 2.45) is 0 Å². The normalized spacial score (nSPS) is 10.4. The van der Waals surface area contributed by atoms with Gasteiger partial charge in [0.2, 0.25) is 0 Å². The second kappa shape index (κ2) is 6.09. The average molecular weight is 259 g/mol. The highest BCUT2D eigenvalue weighted by Crippen LogP contribution is 2.18. The molecule has 2 aromatic rings. The highest BCUT2D eigenvalue weighted by atomic mass is 16.4. The summed E-state index contributed by atoms with van der Waals surface area (Å²) in [6.45, 7) is 2.93. The molecule has 0 amide bonds. The van der Waals surface area contributed by atoms with Gasteiger partial charge in [-0.3, -0.25) is 4.79 Å². The van der Waals surface area contributed by atoms with Gasteiger partial charge in [-0.2, -0.15) is 0 Å². The van der Waals surface area contributed by atoms with Gasteiger partial charge in [0.15, 0.2) is 0 Å². The Hall–Kier alpha value is -2.23. The summed E-state index contributed by atoms with van der Waals surface area (Å²) >= 11 is 0. The van der Waals surface area contributed by atoms with Crippen LogP contribution in [-0.2, 0) is 11.3 Å². The fraction of sp³-hybridized carbons (Fsp3) is 0.267. The highest BCUT2D eigenvalue weighted by Gasteiger charge is 2.11. The van der Waals surface area contributed by atoms with Crippen molar-refractivity contribution in [1.29, 1.82) is 0 Å². The Kier molecular flexibility index (Phi) is 4.23. The minimum atomic E-state index is -0.795. The number of furan rings is 1. The van der Waals surface area contributed by atoms with E-state index < -0.39 is 5.97 Å². The lowest BCUT2D eigenvalue weighted by Crippen LogP contribution is -2.25. The first-order valence-electron chi connectivity index (χ1n) is 6.22. The third-order valence-corrected chi connectivity index (χ3v) is 2.86. The van der Waals surface area contributed by atoms with Gasteiger partial charge in [0.1, 0.15) is 11.5 Å². The molecule has 1 aromatic carbocycles. The van der Waals surface area contributed by atoms with Crippen molar-refractivity contribution in [3.8, 4) is 0 Å². The van der Waals surface area contributed by atoms with Gasteiger partial charge in [-0.25, -0.2) is 0 Å². The molecule has 0 aliphatic heterocycles. The summed E-state index contributed by atoms with van der Waals surface area (Å²) in [5, 5.41) is 8.83. The number of rotatable bonds is 6. The standard InChI is InChI=1S/C15H17NO3/c1-12-7-8-14(19-12)11-16(10-9-15(17)18)13-5-3-2-4-6-13/h2-8H,9-11H2,1H3,(H,17,18). The van der Waals surface area contributed by atoms with Gasteiger partial charge in [0.25, 0.3) is 0 Å². The Bertz CT molecular complexity index is 533. The predicted octanol–water partition coefficient (Wildman–Crippen LogP) is 3.07. The first kappa shape index (κ1) is 13.2. The van der Waals surface area contributed by atoms with E-state index >= 15 is 0 Å². The maximum Gasteiger partial charge on any atom is 0.305 e. The van der Waals surface area contributed by atoms with E-state index in [1.807, 2.05) is 54.3 Å². The first-order chi connectivity index (χ1) is 9.15. The zero-order valence-electron chi connectivity index (χ0n) is 10.9. The van der Waals surface area contributed by atoms with Crippen LogP contribution in [0.3, 0.4) is 0 Å². The summed E-state index contributed by atoms with van der Waals surface area (Å²) in [4.78, 5) is 12.7. The van der Waals surface area contributed by atoms with Gasteiger partial charge < -0.3 is 14.4 Å². The number of carbonyl (C=O) groups is 1. The summed E-state index contributed by atoms with van der Waals surface area (Å²) in [5.41, 5.74) is 0.998. The topological polar surface area (TPSA) is 53.7 Å². The van der Waals surface area contributed by atoms with E-state index in [1.54, 1.807) is 0 Å². The number of carboxylic acids is 1. The SMILES string of the molecule is Cc1ccc(CN(CCC(=O)O)c2ccccc2)o1. The lowest BCUT2D eigenvalue weighted by atomic mass is 10.2. The Morgan fingerprint density at radius 1 is 1.21 bits per heavy atom. The molecular formula is C15H17NO3. The van der Waals surface area contributed by atoms with Crippen molar-refractivity contribution in [1.82, 2.24) is 0 Å². The molecule has 0 aliphatic carbocycles. The summed E-state index contributed by atoms with van der Waals surface area (Å²) in [5.74, 6) is 0.907. The summed E-state index contributed by atoms with van der Waals surface area (Å²) in [6.07, 6.45) is 0.106. The molecule has 4 nitrogen and oxygen atoms in total. The number of aryl methyl sites for hydroxylation is 1. The number of benzene rings is 1. The molecule has 0 bridgehead atoms. The molecule has 1 heterocycles. The third-order valence-electron chi connectivity index (χ3n) is 2.86. The van der Waals surface area contributed by atoms with Crippen LogP contribution in [0.4, 0.5) is 5.69 Å². The van der Waals surface area contributed by atoms with E-state index in [9.17, 15) is 4.79 Å². The van der Waals surface area contributed by atoms with Crippen LogP contribution < -0.4 is 4.90 Å². The number of nitrogens with zero attached hydrogens (tertiary/aromatic N) is 1. The smallest absolute Gasteiger partial charge is 0.305 e. The van der Waals surface area contributed by atoms with Gasteiger partial charge >= 0.3 is 5.97 Å². The second-order valence-electron chi connectivity index (χ2n) is 4.41. The molecule has 0 radical (unpaired) electrons. The number of hydrogen-bond donors (Lipinski definition) is 1. The van der Waals surface area contributed by atoms with Crippen LogP contribution in [0.25, 0.3) is 0 Å². The molecule has 0 saturated heterocycles. The summed E-state index contributed by atoms with van der Waals surface area (Å²) in [7, 11) is 0. The average Bonchev–Trinajstić information content (AvgIpc) is 2.81. The molecule has 19 heavy (non-hydrogen) atoms. The Labute approximate surface area is 112 Å². The maximum atomic E-state index is 10.7. The Morgan fingerprint density at radius 2 is 1.95 bits per heavy atom. The van der Waals surface area contributed by atoms with Crippen molar-refractivity contribution >= 4 is 11.7 Å². The van der Waals surface area contributed by atoms with E-state index in [-0.39, 0.29) is 6.42 Å². The van der Waals surface area contributed by atoms with Crippen LogP contribution in [0.1, 0.15) is 17.9 Å². The van der Waals surface area contributed by atoms with E-state index in [0.717, 1.165) is 17.2 Å². The number of hydrogen-bond acceptors (Lipinski definition) is 3. The van der Waals surface area contributed by atoms with Crippen LogP contribution in [-0.4, -0.2) is 17.6 Å². The van der Waals surface area contributed by atoms with Crippen molar-refractivity contribution in [2.45, 2.75) is 19.9 Å². The van der Waals surface area contributed by atoms with Crippen LogP contribution in [0.15, 0.2) is 46.9 Å². The van der Waals surface area contributed by atoms with Crippen molar-refractivity contribution in [3.63, 3.8) is 0 Å². The summed E-state index contributed by atoms with van der Waals surface area (Å²) in [6, 6.07) is 13.6. The van der Waals surface area contributed by atoms with Crippen molar-refractivity contribution < 1.29 is 14.3 Å². The Morgan fingerprint density at radius 3 is 2.53 bits per heavy atom. The molecule has 1 aromatic heterocycles. The van der Waals surface area contributed by atoms with Crippen molar-refractivity contribution in [2.75, 3.05) is 11.4 Å². The zero-order valence-corrected chi connectivity index (χ0v) is 10.9. The van der Waals surface area contributed by atoms with Crippen LogP contribution in [0, 0.1) is 6.92 Å². The Balaban J connectivity index is 2.12. The second-order valence-corrected chi connectivity index (χ2v) is 4.41. The lowest BCUT2D eigenvalue weighted by molar-refractivity contribution is -0.136. The molecule has 0 aliphatic rings. The highest BCUT2D eigenvalue weighted by molar-refractivity contribution is 5.67. The van der Waals surface area contributed by atoms with E-state index in [2.05, 4.69) is 0 Å². The molecule has 0 saturated carbocycles. The fourth-order valence-corrected chi connectivity index (χ4v) is 1.93. The van der Waals surface area contributed by atoms with E-state index in [0.29, 0.717) is 13.1 Å². The third kappa shape index (κ3) is 3.88. The minimum Gasteiger partial charge on any atom is -0.481 e. The fourth-order valence-electron chi connectivity index (χ4n) is 1.93. The van der Waals surface area contributed by atoms with Crippen LogP contribution in [0.2, 0.25) is 0 Å². The van der Waals surface area contributed by atoms with E-state index in [1.165, 1.54) is 0 Å². The molecule has 0 atom stereocenters. The quantitative estimate of drug-likeness (QED) is 0.866. The molecule has 0 spiro atoms. The predicted molar refractivity (Wildman–Crippen MR) is 73.2 cm³/mol. The van der Waals surface area contributed by atoms with Crippen LogP contribution >= 0.6 is 0 Å². The van der Waals surface area contributed by atoms with Crippen molar-refractivity contribution in [3.05, 3.63) is 54.0 Å². The van der Waals surface area contributed by atoms with E-state index in [4.69, 9.17) is 9.52 Å². The number of aliphatic carboxylic acids is 1. The van der Waals surface area contributed by atoms with Gasteiger partial charge in [0.05, 0.1) is 13.0 Å². The lowest BCUT2D eigenvalue weighted by Gasteiger charge is -2.23. The maximum absolute atomic E-state index is 10.7. The molecule has 1 N–H and O–H groups in total. The molecule has 100 valence electrons. The first-order valence-corrected chi connectivity index (χ1v) is 6.22. The number of para-hydroxylation sites is 1. The monoisotopic (exact) mass is 259 g/mol. The van der Waals surface area contributed by atoms with Crippen LogP contribution in [0.5, 0.6) is 0 Å². The zero-order chi connectivity index (χ0) is 13.7. The minimum absolute atomic E-state index is 0.106. The summed E-state index contributed by atoms with van der Waals surface area (Å²) < 4.78 is 5.55. The van der Waals surface area contributed by atoms with Gasteiger partial charge in [-0.05, 0) is 31.2 Å². The molecule has 0 fully saturated rings. The van der Waals surface area contributed by atoms with Gasteiger partial charge in [-0.15, -0.1) is 0 Å². The van der Waals surface area contributed by atoms with Gasteiger partial charge in [-0.1, -0.05) is 18.2 Å².